The molecule has 0 aliphatic heterocycles. The zero-order valence-corrected chi connectivity index (χ0v) is 12.7. The lowest BCUT2D eigenvalue weighted by Crippen LogP contribution is -1.98. The summed E-state index contributed by atoms with van der Waals surface area (Å²) in [5.41, 5.74) is 9.51. The van der Waals surface area contributed by atoms with Crippen LogP contribution in [0, 0.1) is 0 Å². The Bertz CT molecular complexity index is 830. The van der Waals surface area contributed by atoms with Crippen molar-refractivity contribution < 1.29 is 0 Å². The quantitative estimate of drug-likeness (QED) is 0.681. The number of nitrogen functional groups attached to an aromatic ring is 1. The van der Waals surface area contributed by atoms with Crippen LogP contribution in [0.1, 0.15) is 18.9 Å². The molecule has 5 heteroatoms. The van der Waals surface area contributed by atoms with E-state index in [0.717, 1.165) is 27.4 Å². The second-order valence-corrected chi connectivity index (χ2v) is 6.32. The Labute approximate surface area is 132 Å². The summed E-state index contributed by atoms with van der Waals surface area (Å²) >= 11 is 12.3. The minimum atomic E-state index is 0.490. The molecule has 3 nitrogen and oxygen atoms in total. The van der Waals surface area contributed by atoms with E-state index in [1.807, 2.05) is 30.3 Å². The van der Waals surface area contributed by atoms with Crippen molar-refractivity contribution in [2.45, 2.75) is 18.9 Å². The fraction of sp³-hybridized carbons (Fsp3) is 0.188. The zero-order valence-electron chi connectivity index (χ0n) is 11.2. The van der Waals surface area contributed by atoms with Gasteiger partial charge >= 0.3 is 0 Å². The molecule has 1 aliphatic rings. The molecule has 1 aromatic heterocycles. The van der Waals surface area contributed by atoms with Gasteiger partial charge in [0.05, 0.1) is 11.0 Å². The molecule has 0 radical (unpaired) electrons. The third kappa shape index (κ3) is 2.27. The van der Waals surface area contributed by atoms with E-state index >= 15 is 0 Å². The fourth-order valence-electron chi connectivity index (χ4n) is 2.71. The van der Waals surface area contributed by atoms with Gasteiger partial charge in [0.25, 0.3) is 0 Å². The van der Waals surface area contributed by atoms with Crippen molar-refractivity contribution in [3.63, 3.8) is 0 Å². The molecule has 1 saturated carbocycles. The number of anilines is 1. The maximum absolute atomic E-state index is 6.14. The predicted molar refractivity (Wildman–Crippen MR) is 87.9 cm³/mol. The van der Waals surface area contributed by atoms with Crippen LogP contribution in [-0.2, 0) is 0 Å². The maximum atomic E-state index is 6.14. The van der Waals surface area contributed by atoms with Crippen LogP contribution in [0.25, 0.3) is 22.4 Å². The Hall–Kier alpha value is -1.71. The molecule has 4 rings (SSSR count). The highest BCUT2D eigenvalue weighted by atomic mass is 35.5. The van der Waals surface area contributed by atoms with Gasteiger partial charge in [-0.15, -0.1) is 0 Å². The van der Waals surface area contributed by atoms with Gasteiger partial charge < -0.3 is 10.3 Å². The Morgan fingerprint density at radius 1 is 1.05 bits per heavy atom. The first-order valence-corrected chi connectivity index (χ1v) is 7.61. The molecule has 0 amide bonds. The minimum Gasteiger partial charge on any atom is -0.399 e. The normalized spacial score (nSPS) is 14.8. The van der Waals surface area contributed by atoms with Gasteiger partial charge in [0.2, 0.25) is 0 Å². The molecule has 0 saturated heterocycles. The van der Waals surface area contributed by atoms with Crippen LogP contribution >= 0.6 is 23.2 Å². The Morgan fingerprint density at radius 3 is 2.57 bits per heavy atom. The molecule has 0 spiro atoms. The fourth-order valence-corrected chi connectivity index (χ4v) is 3.12. The lowest BCUT2D eigenvalue weighted by molar-refractivity contribution is 0.775. The first-order valence-electron chi connectivity index (χ1n) is 6.86. The largest absolute Gasteiger partial charge is 0.399 e. The van der Waals surface area contributed by atoms with E-state index in [0.29, 0.717) is 16.8 Å². The van der Waals surface area contributed by atoms with Crippen LogP contribution in [-0.4, -0.2) is 9.55 Å². The molecule has 1 heterocycles. The maximum Gasteiger partial charge on any atom is 0.141 e. The van der Waals surface area contributed by atoms with Crippen molar-refractivity contribution >= 4 is 39.9 Å². The topological polar surface area (TPSA) is 43.8 Å². The van der Waals surface area contributed by atoms with Crippen LogP contribution < -0.4 is 5.73 Å². The summed E-state index contributed by atoms with van der Waals surface area (Å²) in [5, 5.41) is 1.35. The molecule has 21 heavy (non-hydrogen) atoms. The van der Waals surface area contributed by atoms with E-state index in [2.05, 4.69) is 4.57 Å². The number of hydrogen-bond acceptors (Lipinski definition) is 2. The molecule has 2 aromatic carbocycles. The van der Waals surface area contributed by atoms with Crippen LogP contribution in [0.15, 0.2) is 36.4 Å². The third-order valence-corrected chi connectivity index (χ3v) is 4.20. The predicted octanol–water partition coefficient (Wildman–Crippen LogP) is 4.93. The van der Waals surface area contributed by atoms with E-state index in [9.17, 15) is 0 Å². The summed E-state index contributed by atoms with van der Waals surface area (Å²) < 4.78 is 2.26. The van der Waals surface area contributed by atoms with Crippen LogP contribution in [0.3, 0.4) is 0 Å². The molecule has 0 bridgehead atoms. The second-order valence-electron chi connectivity index (χ2n) is 5.44. The number of aromatic nitrogens is 2. The second kappa shape index (κ2) is 4.65. The summed E-state index contributed by atoms with van der Waals surface area (Å²) in [4.78, 5) is 4.76. The van der Waals surface area contributed by atoms with E-state index in [4.69, 9.17) is 33.9 Å². The van der Waals surface area contributed by atoms with E-state index in [1.165, 1.54) is 12.8 Å². The first-order chi connectivity index (χ1) is 10.1. The van der Waals surface area contributed by atoms with E-state index < -0.39 is 0 Å². The number of imidazole rings is 1. The highest BCUT2D eigenvalue weighted by Gasteiger charge is 2.28. The van der Waals surface area contributed by atoms with Gasteiger partial charge in [0.1, 0.15) is 5.82 Å². The van der Waals surface area contributed by atoms with Gasteiger partial charge in [-0.25, -0.2) is 4.98 Å². The average Bonchev–Trinajstić information content (AvgIpc) is 3.18. The molecule has 106 valence electrons. The number of nitrogens with two attached hydrogens (primary N) is 1. The summed E-state index contributed by atoms with van der Waals surface area (Å²) in [5.74, 6) is 0.906. The smallest absolute Gasteiger partial charge is 0.141 e. The third-order valence-electron chi connectivity index (χ3n) is 3.74. The molecule has 0 atom stereocenters. The Kier molecular flexibility index (Phi) is 2.88. The van der Waals surface area contributed by atoms with Crippen molar-refractivity contribution in [3.8, 4) is 11.4 Å². The number of benzene rings is 2. The van der Waals surface area contributed by atoms with Gasteiger partial charge in [0.15, 0.2) is 0 Å². The average molecular weight is 318 g/mol. The molecular formula is C16H13Cl2N3. The molecule has 1 aliphatic carbocycles. The van der Waals surface area contributed by atoms with Gasteiger partial charge in [0, 0.05) is 27.3 Å². The van der Waals surface area contributed by atoms with Crippen LogP contribution in [0.4, 0.5) is 5.69 Å². The summed E-state index contributed by atoms with van der Waals surface area (Å²) in [6.07, 6.45) is 2.34. The summed E-state index contributed by atoms with van der Waals surface area (Å²) in [6.45, 7) is 0. The molecular weight excluding hydrogens is 305 g/mol. The van der Waals surface area contributed by atoms with Crippen LogP contribution in [0.2, 0.25) is 10.0 Å². The van der Waals surface area contributed by atoms with E-state index in [-0.39, 0.29) is 0 Å². The lowest BCUT2D eigenvalue weighted by atomic mass is 10.2. The molecule has 2 N–H and O–H groups in total. The number of fused-ring (bicyclic) bond motifs is 1. The standard InChI is InChI=1S/C16H13Cl2N3/c17-10-1-4-14-15(8-10)21(13-2-3-13)16(20-14)9-5-11(18)7-12(19)6-9/h1,4-8,13H,2-3,19H2. The molecule has 3 aromatic rings. The number of halogens is 2. The van der Waals surface area contributed by atoms with Gasteiger partial charge in [-0.2, -0.15) is 0 Å². The number of rotatable bonds is 2. The zero-order chi connectivity index (χ0) is 14.6. The highest BCUT2D eigenvalue weighted by Crippen LogP contribution is 2.42. The van der Waals surface area contributed by atoms with Crippen molar-refractivity contribution in [1.29, 1.82) is 0 Å². The van der Waals surface area contributed by atoms with Gasteiger partial charge in [-0.3, -0.25) is 0 Å². The minimum absolute atomic E-state index is 0.490. The van der Waals surface area contributed by atoms with E-state index in [1.54, 1.807) is 6.07 Å². The number of hydrogen-bond donors (Lipinski definition) is 1. The number of nitrogens with zero attached hydrogens (tertiary/aromatic N) is 2. The first kappa shape index (κ1) is 13.0. The van der Waals surface area contributed by atoms with Crippen LogP contribution in [0.5, 0.6) is 0 Å². The Morgan fingerprint density at radius 2 is 1.86 bits per heavy atom. The van der Waals surface area contributed by atoms with Gasteiger partial charge in [-0.1, -0.05) is 23.2 Å². The molecule has 1 fully saturated rings. The summed E-state index contributed by atoms with van der Waals surface area (Å²) in [7, 11) is 0. The highest BCUT2D eigenvalue weighted by molar-refractivity contribution is 6.31. The SMILES string of the molecule is Nc1cc(Cl)cc(-c2nc3ccc(Cl)cc3n2C2CC2)c1. The van der Waals surface area contributed by atoms with Gasteiger partial charge in [-0.05, 0) is 49.2 Å². The van der Waals surface area contributed by atoms with Crippen molar-refractivity contribution in [1.82, 2.24) is 9.55 Å². The van der Waals surface area contributed by atoms with Crippen molar-refractivity contribution in [2.24, 2.45) is 0 Å². The monoisotopic (exact) mass is 317 g/mol. The molecule has 0 unspecified atom stereocenters. The van der Waals surface area contributed by atoms with Crippen molar-refractivity contribution in [3.05, 3.63) is 46.4 Å². The summed E-state index contributed by atoms with van der Waals surface area (Å²) in [6, 6.07) is 11.8. The van der Waals surface area contributed by atoms with Crippen molar-refractivity contribution in [2.75, 3.05) is 5.73 Å². The lowest BCUT2D eigenvalue weighted by Gasteiger charge is -2.09. The Balaban J connectivity index is 2.01.